The molecule has 3 aromatic rings. The highest BCUT2D eigenvalue weighted by atomic mass is 79.9. The van der Waals surface area contributed by atoms with Crippen LogP contribution in [0.25, 0.3) is 0 Å². The van der Waals surface area contributed by atoms with Gasteiger partial charge in [-0.1, -0.05) is 50.8 Å². The molecule has 0 unspecified atom stereocenters. The molecule has 0 spiro atoms. The number of ether oxygens (including phenoxy) is 2. The van der Waals surface area contributed by atoms with Gasteiger partial charge in [0.15, 0.2) is 11.5 Å². The average molecular weight is 453 g/mol. The normalized spacial score (nSPS) is 10.7. The van der Waals surface area contributed by atoms with E-state index >= 15 is 0 Å². The van der Waals surface area contributed by atoms with Gasteiger partial charge in [-0.3, -0.25) is 0 Å². The fourth-order valence-corrected chi connectivity index (χ4v) is 3.19. The first-order valence-electron chi connectivity index (χ1n) is 8.35. The topological polar surface area (TPSA) is 74.1 Å². The largest absolute Gasteiger partial charge is 0.493 e. The van der Waals surface area contributed by atoms with Gasteiger partial charge in [-0.05, 0) is 35.5 Å². The van der Waals surface area contributed by atoms with Crippen molar-refractivity contribution in [1.82, 2.24) is 20.2 Å². The van der Waals surface area contributed by atoms with Gasteiger partial charge in [-0.15, -0.1) is 0 Å². The number of nitrogens with one attached hydrogen (secondary N) is 1. The van der Waals surface area contributed by atoms with Crippen LogP contribution in [0.15, 0.2) is 40.9 Å². The van der Waals surface area contributed by atoms with Gasteiger partial charge in [0.25, 0.3) is 0 Å². The predicted octanol–water partition coefficient (Wildman–Crippen LogP) is 4.31. The van der Waals surface area contributed by atoms with Crippen LogP contribution in [0.1, 0.15) is 18.1 Å². The Morgan fingerprint density at radius 1 is 1.22 bits per heavy atom. The summed E-state index contributed by atoms with van der Waals surface area (Å²) in [4.78, 5) is 0. The lowest BCUT2D eigenvalue weighted by molar-refractivity contribution is 0.281. The Kier molecular flexibility index (Phi) is 6.52. The molecule has 0 bridgehead atoms. The van der Waals surface area contributed by atoms with Crippen LogP contribution in [0, 0.1) is 0 Å². The Labute approximate surface area is 170 Å². The molecule has 0 saturated carbocycles. The van der Waals surface area contributed by atoms with Gasteiger partial charge in [0.05, 0.1) is 7.11 Å². The molecule has 9 heteroatoms. The van der Waals surface area contributed by atoms with Crippen molar-refractivity contribution >= 4 is 33.5 Å². The molecule has 0 aliphatic rings. The van der Waals surface area contributed by atoms with E-state index in [1.807, 2.05) is 43.3 Å². The van der Waals surface area contributed by atoms with Crippen molar-refractivity contribution in [1.29, 1.82) is 0 Å². The van der Waals surface area contributed by atoms with Gasteiger partial charge >= 0.3 is 0 Å². The molecule has 1 N–H and O–H groups in total. The fraction of sp³-hybridized carbons (Fsp3) is 0.278. The third-order valence-electron chi connectivity index (χ3n) is 3.97. The molecule has 0 aliphatic carbocycles. The maximum Gasteiger partial charge on any atom is 0.243 e. The van der Waals surface area contributed by atoms with Crippen molar-refractivity contribution in [2.75, 3.05) is 12.4 Å². The highest BCUT2D eigenvalue weighted by Crippen LogP contribution is 2.37. The second-order valence-corrected chi connectivity index (χ2v) is 6.87. The van der Waals surface area contributed by atoms with E-state index < -0.39 is 0 Å². The molecule has 27 heavy (non-hydrogen) atoms. The van der Waals surface area contributed by atoms with Gasteiger partial charge < -0.3 is 14.8 Å². The van der Waals surface area contributed by atoms with Crippen LogP contribution < -0.4 is 14.8 Å². The van der Waals surface area contributed by atoms with Crippen LogP contribution >= 0.6 is 27.5 Å². The third kappa shape index (κ3) is 4.51. The zero-order valence-electron chi connectivity index (χ0n) is 14.9. The Balaban J connectivity index is 1.85. The lowest BCUT2D eigenvalue weighted by atomic mass is 10.1. The molecular weight excluding hydrogens is 434 g/mol. The highest BCUT2D eigenvalue weighted by Gasteiger charge is 2.16. The fourth-order valence-electron chi connectivity index (χ4n) is 2.54. The molecule has 0 fully saturated rings. The maximum atomic E-state index is 6.24. The average Bonchev–Trinajstić information content (AvgIpc) is 3.14. The minimum absolute atomic E-state index is 0.326. The van der Waals surface area contributed by atoms with Crippen LogP contribution in [0.5, 0.6) is 11.5 Å². The first kappa shape index (κ1) is 19.4. The molecule has 142 valence electrons. The summed E-state index contributed by atoms with van der Waals surface area (Å²) in [7, 11) is 1.61. The summed E-state index contributed by atoms with van der Waals surface area (Å²) in [5, 5.41) is 15.5. The van der Waals surface area contributed by atoms with Crippen LogP contribution in [0.3, 0.4) is 0 Å². The summed E-state index contributed by atoms with van der Waals surface area (Å²) in [5.74, 6) is 1.86. The van der Waals surface area contributed by atoms with E-state index in [0.29, 0.717) is 42.2 Å². The number of anilines is 1. The highest BCUT2D eigenvalue weighted by molar-refractivity contribution is 9.10. The number of hydrogen-bond donors (Lipinski definition) is 1. The number of benzene rings is 2. The van der Waals surface area contributed by atoms with Gasteiger partial charge in [0.1, 0.15) is 6.61 Å². The molecule has 0 atom stereocenters. The minimum atomic E-state index is 0.326. The Hall–Kier alpha value is -2.32. The summed E-state index contributed by atoms with van der Waals surface area (Å²) in [5.41, 5.74) is 1.79. The van der Waals surface area contributed by atoms with E-state index in [-0.39, 0.29) is 0 Å². The quantitative estimate of drug-likeness (QED) is 0.549. The van der Waals surface area contributed by atoms with E-state index in [1.54, 1.807) is 11.8 Å². The molecule has 0 radical (unpaired) electrons. The van der Waals surface area contributed by atoms with Crippen LogP contribution in [0.4, 0.5) is 5.95 Å². The SMILES string of the molecule is CCn1nnnc1NCc1c(Br)ccc(OC)c1OCc1ccccc1Cl. The molecule has 0 aliphatic heterocycles. The van der Waals surface area contributed by atoms with Crippen molar-refractivity contribution in [2.45, 2.75) is 26.6 Å². The number of aromatic nitrogens is 4. The van der Waals surface area contributed by atoms with E-state index in [4.69, 9.17) is 21.1 Å². The van der Waals surface area contributed by atoms with Gasteiger partial charge in [0.2, 0.25) is 5.95 Å². The van der Waals surface area contributed by atoms with Crippen LogP contribution in [-0.2, 0) is 19.7 Å². The summed E-state index contributed by atoms with van der Waals surface area (Å²) in [6.45, 7) is 3.42. The Bertz CT molecular complexity index is 919. The summed E-state index contributed by atoms with van der Waals surface area (Å²) < 4.78 is 14.2. The van der Waals surface area contributed by atoms with Gasteiger partial charge in [-0.2, -0.15) is 0 Å². The Morgan fingerprint density at radius 2 is 2.04 bits per heavy atom. The molecule has 7 nitrogen and oxygen atoms in total. The predicted molar refractivity (Wildman–Crippen MR) is 107 cm³/mol. The first-order chi connectivity index (χ1) is 13.1. The zero-order chi connectivity index (χ0) is 19.2. The molecule has 0 saturated heterocycles. The molecular formula is C18H19BrClN5O2. The number of rotatable bonds is 8. The van der Waals surface area contributed by atoms with Crippen molar-refractivity contribution in [3.05, 3.63) is 57.0 Å². The van der Waals surface area contributed by atoms with Crippen molar-refractivity contribution in [3.63, 3.8) is 0 Å². The lowest BCUT2D eigenvalue weighted by Gasteiger charge is -2.17. The second kappa shape index (κ2) is 9.05. The lowest BCUT2D eigenvalue weighted by Crippen LogP contribution is -2.10. The number of methoxy groups -OCH3 is 1. The Morgan fingerprint density at radius 3 is 2.78 bits per heavy atom. The third-order valence-corrected chi connectivity index (χ3v) is 5.08. The number of aryl methyl sites for hydroxylation is 1. The smallest absolute Gasteiger partial charge is 0.243 e. The number of halogens is 2. The van der Waals surface area contributed by atoms with E-state index in [2.05, 4.69) is 36.8 Å². The van der Waals surface area contributed by atoms with Crippen molar-refractivity contribution in [2.24, 2.45) is 0 Å². The monoisotopic (exact) mass is 451 g/mol. The number of hydrogen-bond acceptors (Lipinski definition) is 6. The van der Waals surface area contributed by atoms with Gasteiger partial charge in [-0.25, -0.2) is 4.68 Å². The second-order valence-electron chi connectivity index (χ2n) is 5.61. The molecule has 2 aromatic carbocycles. The number of nitrogens with zero attached hydrogens (tertiary/aromatic N) is 4. The summed E-state index contributed by atoms with van der Waals surface area (Å²) in [6.07, 6.45) is 0. The molecule has 0 amide bonds. The van der Waals surface area contributed by atoms with Crippen LogP contribution in [-0.4, -0.2) is 27.3 Å². The van der Waals surface area contributed by atoms with Crippen molar-refractivity contribution < 1.29 is 9.47 Å². The van der Waals surface area contributed by atoms with Crippen molar-refractivity contribution in [3.8, 4) is 11.5 Å². The maximum absolute atomic E-state index is 6.24. The standard InChI is InChI=1S/C18H19BrClN5O2/c1-3-25-18(22-23-24-25)21-10-13-14(19)8-9-16(26-2)17(13)27-11-12-6-4-5-7-15(12)20/h4-9H,3,10-11H2,1-2H3,(H,21,22,24). The van der Waals surface area contributed by atoms with E-state index in [9.17, 15) is 0 Å². The molecule has 1 aromatic heterocycles. The number of tetrazole rings is 1. The summed E-state index contributed by atoms with van der Waals surface area (Å²) in [6, 6.07) is 11.4. The minimum Gasteiger partial charge on any atom is -0.493 e. The first-order valence-corrected chi connectivity index (χ1v) is 9.52. The van der Waals surface area contributed by atoms with E-state index in [1.165, 1.54) is 0 Å². The zero-order valence-corrected chi connectivity index (χ0v) is 17.3. The van der Waals surface area contributed by atoms with Crippen LogP contribution in [0.2, 0.25) is 5.02 Å². The van der Waals surface area contributed by atoms with E-state index in [0.717, 1.165) is 15.6 Å². The summed E-state index contributed by atoms with van der Waals surface area (Å²) >= 11 is 9.83. The molecule has 1 heterocycles. The molecule has 3 rings (SSSR count). The van der Waals surface area contributed by atoms with Gasteiger partial charge in [0, 0.05) is 33.7 Å².